The molecular formula is C17H21N3O4S. The zero-order valence-corrected chi connectivity index (χ0v) is 14.4. The first-order valence-corrected chi connectivity index (χ1v) is 9.52. The number of hydrogen-bond acceptors (Lipinski definition) is 6. The third-order valence-electron chi connectivity index (χ3n) is 4.08. The molecule has 1 saturated heterocycles. The Morgan fingerprint density at radius 3 is 2.64 bits per heavy atom. The second-order valence-electron chi connectivity index (χ2n) is 5.84. The monoisotopic (exact) mass is 363 g/mol. The largest absolute Gasteiger partial charge is 0.389 e. The number of nitrogens with zero attached hydrogens (tertiary/aromatic N) is 1. The van der Waals surface area contributed by atoms with E-state index in [9.17, 15) is 13.5 Å². The third-order valence-corrected chi connectivity index (χ3v) is 5.52. The maximum Gasteiger partial charge on any atom is 0.240 e. The summed E-state index contributed by atoms with van der Waals surface area (Å²) in [6.07, 6.45) is 0.307. The highest BCUT2D eigenvalue weighted by Crippen LogP contribution is 2.15. The molecule has 2 aromatic rings. The summed E-state index contributed by atoms with van der Waals surface area (Å²) in [4.78, 5) is 4.40. The highest BCUT2D eigenvalue weighted by molar-refractivity contribution is 7.89. The fraction of sp³-hybridized carbons (Fsp3) is 0.353. The molecule has 1 aliphatic rings. The highest BCUT2D eigenvalue weighted by Gasteiger charge is 2.36. The van der Waals surface area contributed by atoms with Crippen LogP contribution < -0.4 is 10.0 Å². The standard InChI is InChI=1S/C17H21N3O4S/c21-17-15(19-10-13-6-4-5-9-18-13)12-24-16(17)11-20-25(22,23)14-7-2-1-3-8-14/h1-9,15-17,19-21H,10-12H2/t15-,16-,17+/m1/s1. The van der Waals surface area contributed by atoms with Crippen molar-refractivity contribution in [3.63, 3.8) is 0 Å². The molecule has 2 heterocycles. The molecule has 0 aliphatic carbocycles. The van der Waals surface area contributed by atoms with E-state index >= 15 is 0 Å². The van der Waals surface area contributed by atoms with Gasteiger partial charge in [-0.15, -0.1) is 0 Å². The molecule has 3 atom stereocenters. The number of benzene rings is 1. The van der Waals surface area contributed by atoms with Gasteiger partial charge in [-0.25, -0.2) is 13.1 Å². The number of aliphatic hydroxyl groups is 1. The van der Waals surface area contributed by atoms with Gasteiger partial charge in [0.2, 0.25) is 10.0 Å². The quantitative estimate of drug-likeness (QED) is 0.653. The molecule has 134 valence electrons. The van der Waals surface area contributed by atoms with Crippen LogP contribution in [0.3, 0.4) is 0 Å². The summed E-state index contributed by atoms with van der Waals surface area (Å²) in [6.45, 7) is 0.834. The average molecular weight is 363 g/mol. The first-order valence-electron chi connectivity index (χ1n) is 8.04. The van der Waals surface area contributed by atoms with Crippen molar-refractivity contribution in [3.8, 4) is 0 Å². The van der Waals surface area contributed by atoms with Crippen molar-refractivity contribution >= 4 is 10.0 Å². The normalized spacial score (nSPS) is 23.6. The molecular weight excluding hydrogens is 342 g/mol. The molecule has 1 fully saturated rings. The number of aromatic nitrogens is 1. The average Bonchev–Trinajstić information content (AvgIpc) is 3.00. The second kappa shape index (κ2) is 8.03. The Morgan fingerprint density at radius 1 is 1.16 bits per heavy atom. The van der Waals surface area contributed by atoms with Crippen molar-refractivity contribution in [1.82, 2.24) is 15.0 Å². The molecule has 0 unspecified atom stereocenters. The van der Waals surface area contributed by atoms with Gasteiger partial charge in [0.1, 0.15) is 0 Å². The summed E-state index contributed by atoms with van der Waals surface area (Å²) in [6, 6.07) is 13.5. The minimum absolute atomic E-state index is 0.0140. The van der Waals surface area contributed by atoms with E-state index in [1.54, 1.807) is 24.4 Å². The number of sulfonamides is 1. The maximum atomic E-state index is 12.2. The zero-order valence-electron chi connectivity index (χ0n) is 13.6. The lowest BCUT2D eigenvalue weighted by atomic mass is 10.1. The van der Waals surface area contributed by atoms with E-state index in [1.165, 1.54) is 12.1 Å². The molecule has 3 N–H and O–H groups in total. The summed E-state index contributed by atoms with van der Waals surface area (Å²) in [5.74, 6) is 0. The highest BCUT2D eigenvalue weighted by atomic mass is 32.2. The van der Waals surface area contributed by atoms with Crippen LogP contribution in [-0.4, -0.2) is 49.9 Å². The Bertz CT molecular complexity index is 771. The Labute approximate surface area is 147 Å². The lowest BCUT2D eigenvalue weighted by molar-refractivity contribution is 0.0443. The summed E-state index contributed by atoms with van der Waals surface area (Å²) in [7, 11) is -3.62. The van der Waals surface area contributed by atoms with Crippen molar-refractivity contribution in [1.29, 1.82) is 0 Å². The van der Waals surface area contributed by atoms with Gasteiger partial charge < -0.3 is 15.2 Å². The number of ether oxygens (including phenoxy) is 1. The molecule has 1 aromatic carbocycles. The Kier molecular flexibility index (Phi) is 5.77. The van der Waals surface area contributed by atoms with Gasteiger partial charge in [-0.05, 0) is 24.3 Å². The van der Waals surface area contributed by atoms with Crippen LogP contribution in [0.25, 0.3) is 0 Å². The molecule has 1 aromatic heterocycles. The topological polar surface area (TPSA) is 101 Å². The van der Waals surface area contributed by atoms with Crippen molar-refractivity contribution in [2.75, 3.05) is 13.2 Å². The number of nitrogens with one attached hydrogen (secondary N) is 2. The van der Waals surface area contributed by atoms with Gasteiger partial charge in [-0.2, -0.15) is 0 Å². The van der Waals surface area contributed by atoms with Gasteiger partial charge in [-0.1, -0.05) is 24.3 Å². The van der Waals surface area contributed by atoms with E-state index in [0.717, 1.165) is 5.69 Å². The van der Waals surface area contributed by atoms with Crippen LogP contribution in [-0.2, 0) is 21.3 Å². The van der Waals surface area contributed by atoms with Crippen molar-refractivity contribution in [2.24, 2.45) is 0 Å². The van der Waals surface area contributed by atoms with E-state index in [1.807, 2.05) is 18.2 Å². The van der Waals surface area contributed by atoms with Crippen LogP contribution in [0.5, 0.6) is 0 Å². The summed E-state index contributed by atoms with van der Waals surface area (Å²) in [5, 5.41) is 13.5. The predicted molar refractivity (Wildman–Crippen MR) is 92.2 cm³/mol. The first-order chi connectivity index (χ1) is 12.1. The van der Waals surface area contributed by atoms with Crippen LogP contribution >= 0.6 is 0 Å². The van der Waals surface area contributed by atoms with Crippen molar-refractivity contribution in [3.05, 3.63) is 60.4 Å². The number of pyridine rings is 1. The van der Waals surface area contributed by atoms with Crippen LogP contribution in [0.15, 0.2) is 59.6 Å². The van der Waals surface area contributed by atoms with Gasteiger partial charge in [0.15, 0.2) is 0 Å². The first kappa shape index (κ1) is 18.0. The molecule has 0 spiro atoms. The van der Waals surface area contributed by atoms with E-state index in [2.05, 4.69) is 15.0 Å². The Balaban J connectivity index is 1.51. The Hall–Kier alpha value is -1.84. The molecule has 0 saturated carbocycles. The van der Waals surface area contributed by atoms with Crippen molar-refractivity contribution < 1.29 is 18.3 Å². The molecule has 0 radical (unpaired) electrons. The van der Waals surface area contributed by atoms with Crippen LogP contribution in [0.4, 0.5) is 0 Å². The summed E-state index contributed by atoms with van der Waals surface area (Å²) >= 11 is 0. The Morgan fingerprint density at radius 2 is 1.92 bits per heavy atom. The minimum atomic E-state index is -3.62. The van der Waals surface area contributed by atoms with E-state index in [-0.39, 0.29) is 17.5 Å². The lowest BCUT2D eigenvalue weighted by Crippen LogP contribution is -2.44. The molecule has 0 bridgehead atoms. The fourth-order valence-electron chi connectivity index (χ4n) is 2.66. The SMILES string of the molecule is O=S(=O)(NC[C@H]1OC[C@@H](NCc2ccccn2)[C@@H]1O)c1ccccc1. The number of hydrogen-bond donors (Lipinski definition) is 3. The predicted octanol–water partition coefficient (Wildman–Crippen LogP) is 0.278. The minimum Gasteiger partial charge on any atom is -0.389 e. The van der Waals surface area contributed by atoms with E-state index < -0.39 is 22.2 Å². The van der Waals surface area contributed by atoms with Gasteiger partial charge in [-0.3, -0.25) is 4.98 Å². The van der Waals surface area contributed by atoms with E-state index in [4.69, 9.17) is 4.74 Å². The van der Waals surface area contributed by atoms with Crippen LogP contribution in [0.2, 0.25) is 0 Å². The zero-order chi connectivity index (χ0) is 17.7. The lowest BCUT2D eigenvalue weighted by Gasteiger charge is -2.18. The molecule has 3 rings (SSSR count). The van der Waals surface area contributed by atoms with Crippen LogP contribution in [0, 0.1) is 0 Å². The molecule has 0 amide bonds. The number of aliphatic hydroxyl groups excluding tert-OH is 1. The van der Waals surface area contributed by atoms with Crippen molar-refractivity contribution in [2.45, 2.75) is 29.7 Å². The van der Waals surface area contributed by atoms with Gasteiger partial charge in [0.25, 0.3) is 0 Å². The summed E-state index contributed by atoms with van der Waals surface area (Å²) in [5.41, 5.74) is 0.864. The molecule has 8 heteroatoms. The maximum absolute atomic E-state index is 12.2. The second-order valence-corrected chi connectivity index (χ2v) is 7.60. The smallest absolute Gasteiger partial charge is 0.240 e. The fourth-order valence-corrected chi connectivity index (χ4v) is 3.72. The summed E-state index contributed by atoms with van der Waals surface area (Å²) < 4.78 is 32.5. The van der Waals surface area contributed by atoms with Gasteiger partial charge in [0.05, 0.1) is 35.4 Å². The molecule has 25 heavy (non-hydrogen) atoms. The van der Waals surface area contributed by atoms with Crippen LogP contribution in [0.1, 0.15) is 5.69 Å². The number of rotatable bonds is 7. The molecule has 1 aliphatic heterocycles. The van der Waals surface area contributed by atoms with Gasteiger partial charge >= 0.3 is 0 Å². The van der Waals surface area contributed by atoms with E-state index in [0.29, 0.717) is 13.2 Å². The third kappa shape index (κ3) is 4.62. The van der Waals surface area contributed by atoms with Gasteiger partial charge in [0, 0.05) is 19.3 Å². The molecule has 7 nitrogen and oxygen atoms in total.